The molecule has 1 rings (SSSR count). The fourth-order valence-corrected chi connectivity index (χ4v) is 0.667. The maximum absolute atomic E-state index is 8.12. The molecule has 0 unspecified atom stereocenters. The molecule has 1 aromatic heterocycles. The Balaban J connectivity index is 0. The van der Waals surface area contributed by atoms with Gasteiger partial charge in [0.1, 0.15) is 5.82 Å². The highest BCUT2D eigenvalue weighted by Crippen LogP contribution is 2.04. The molecular weight excluding hydrogens is 194 g/mol. The summed E-state index contributed by atoms with van der Waals surface area (Å²) >= 11 is 0. The number of carbonyl (C=O) groups excluding carboxylic acids is 2. The topological polar surface area (TPSA) is 85.9 Å². The van der Waals surface area contributed by atoms with Crippen molar-refractivity contribution in [2.45, 2.75) is 13.3 Å². The fraction of sp³-hybridized carbons (Fsp3) is 0.286. The number of aryl methyl sites for hydroxylation is 1. The van der Waals surface area contributed by atoms with Crippen molar-refractivity contribution in [2.24, 2.45) is 0 Å². The molecule has 0 aliphatic rings. The minimum Gasteiger partial charge on any atom is -0.382 e. The SMILES string of the molecule is CCc1ccnnc1N.Cl.O=C=O. The predicted octanol–water partition coefficient (Wildman–Crippen LogP) is 0.459. The molecule has 0 radical (unpaired) electrons. The first kappa shape index (κ1) is 14.1. The van der Waals surface area contributed by atoms with Gasteiger partial charge in [-0.2, -0.15) is 14.7 Å². The van der Waals surface area contributed by atoms with Crippen LogP contribution >= 0.6 is 12.4 Å². The Morgan fingerprint density at radius 2 is 2.08 bits per heavy atom. The van der Waals surface area contributed by atoms with Crippen molar-refractivity contribution in [1.82, 2.24) is 10.2 Å². The largest absolute Gasteiger partial charge is 0.382 e. The smallest absolute Gasteiger partial charge is 0.373 e. The van der Waals surface area contributed by atoms with Gasteiger partial charge in [-0.15, -0.1) is 17.5 Å². The minimum atomic E-state index is 0. The van der Waals surface area contributed by atoms with E-state index in [1.807, 2.05) is 13.0 Å². The van der Waals surface area contributed by atoms with E-state index in [0.29, 0.717) is 5.82 Å². The first-order chi connectivity index (χ1) is 5.76. The van der Waals surface area contributed by atoms with E-state index in [-0.39, 0.29) is 18.6 Å². The lowest BCUT2D eigenvalue weighted by atomic mass is 10.2. The Hall–Kier alpha value is -1.45. The average Bonchev–Trinajstić information content (AvgIpc) is 2.07. The fourth-order valence-electron chi connectivity index (χ4n) is 0.667. The zero-order valence-corrected chi connectivity index (χ0v) is 7.87. The van der Waals surface area contributed by atoms with Crippen LogP contribution in [0.2, 0.25) is 0 Å². The molecule has 1 aromatic rings. The molecular formula is C7H10ClN3O2. The van der Waals surface area contributed by atoms with Crippen molar-refractivity contribution >= 4 is 24.4 Å². The molecule has 5 nitrogen and oxygen atoms in total. The number of hydrogen-bond acceptors (Lipinski definition) is 5. The number of rotatable bonds is 1. The third-order valence-corrected chi connectivity index (χ3v) is 1.22. The normalized spacial score (nSPS) is 7.15. The summed E-state index contributed by atoms with van der Waals surface area (Å²) in [6, 6.07) is 1.88. The molecule has 0 atom stereocenters. The van der Waals surface area contributed by atoms with Crippen LogP contribution in [0.25, 0.3) is 0 Å². The molecule has 1 heterocycles. The molecule has 72 valence electrons. The molecule has 13 heavy (non-hydrogen) atoms. The van der Waals surface area contributed by atoms with Crippen LogP contribution in [0.3, 0.4) is 0 Å². The van der Waals surface area contributed by atoms with Gasteiger partial charge in [-0.05, 0) is 18.1 Å². The van der Waals surface area contributed by atoms with Gasteiger partial charge in [-0.1, -0.05) is 6.92 Å². The van der Waals surface area contributed by atoms with Gasteiger partial charge in [0.2, 0.25) is 0 Å². The Bertz CT molecular complexity index is 274. The predicted molar refractivity (Wildman–Crippen MR) is 48.1 cm³/mol. The van der Waals surface area contributed by atoms with E-state index < -0.39 is 0 Å². The van der Waals surface area contributed by atoms with Gasteiger partial charge in [-0.3, -0.25) is 0 Å². The van der Waals surface area contributed by atoms with E-state index in [1.165, 1.54) is 0 Å². The van der Waals surface area contributed by atoms with Crippen molar-refractivity contribution in [3.8, 4) is 0 Å². The highest BCUT2D eigenvalue weighted by molar-refractivity contribution is 5.85. The maximum Gasteiger partial charge on any atom is 0.373 e. The lowest BCUT2D eigenvalue weighted by Gasteiger charge is -1.95. The maximum atomic E-state index is 8.12. The van der Waals surface area contributed by atoms with Crippen LogP contribution in [0.1, 0.15) is 12.5 Å². The molecule has 0 fully saturated rings. The van der Waals surface area contributed by atoms with Gasteiger partial charge in [0.25, 0.3) is 0 Å². The summed E-state index contributed by atoms with van der Waals surface area (Å²) in [4.78, 5) is 16.2. The number of nitrogens with zero attached hydrogens (tertiary/aromatic N) is 2. The van der Waals surface area contributed by atoms with Crippen LogP contribution in [0.15, 0.2) is 12.3 Å². The minimum absolute atomic E-state index is 0. The number of aromatic nitrogens is 2. The zero-order valence-electron chi connectivity index (χ0n) is 7.06. The van der Waals surface area contributed by atoms with Crippen molar-refractivity contribution in [3.05, 3.63) is 17.8 Å². The number of nitrogen functional groups attached to an aromatic ring is 1. The molecule has 0 saturated heterocycles. The van der Waals surface area contributed by atoms with Gasteiger partial charge >= 0.3 is 6.15 Å². The number of hydrogen-bond donors (Lipinski definition) is 1. The van der Waals surface area contributed by atoms with Crippen LogP contribution in [0.5, 0.6) is 0 Å². The third kappa shape index (κ3) is 5.78. The van der Waals surface area contributed by atoms with Crippen LogP contribution in [-0.2, 0) is 16.0 Å². The summed E-state index contributed by atoms with van der Waals surface area (Å²) in [5.41, 5.74) is 6.52. The van der Waals surface area contributed by atoms with Crippen LogP contribution in [0.4, 0.5) is 5.82 Å². The van der Waals surface area contributed by atoms with Crippen molar-refractivity contribution in [3.63, 3.8) is 0 Å². The zero-order chi connectivity index (χ0) is 9.40. The second-order valence-electron chi connectivity index (χ2n) is 1.88. The molecule has 0 aliphatic carbocycles. The quantitative estimate of drug-likeness (QED) is 0.717. The number of anilines is 1. The van der Waals surface area contributed by atoms with E-state index in [4.69, 9.17) is 15.3 Å². The Morgan fingerprint density at radius 1 is 1.54 bits per heavy atom. The molecule has 6 heteroatoms. The van der Waals surface area contributed by atoms with Gasteiger partial charge in [-0.25, -0.2) is 0 Å². The molecule has 0 bridgehead atoms. The second kappa shape index (κ2) is 8.64. The lowest BCUT2D eigenvalue weighted by Crippen LogP contribution is -1.96. The molecule has 0 amide bonds. The molecule has 2 N–H and O–H groups in total. The van der Waals surface area contributed by atoms with Crippen molar-refractivity contribution in [2.75, 3.05) is 5.73 Å². The van der Waals surface area contributed by atoms with Crippen LogP contribution in [-0.4, -0.2) is 16.3 Å². The molecule has 0 aliphatic heterocycles. The first-order valence-electron chi connectivity index (χ1n) is 3.31. The summed E-state index contributed by atoms with van der Waals surface area (Å²) in [7, 11) is 0. The summed E-state index contributed by atoms with van der Waals surface area (Å²) in [6.07, 6.45) is 2.82. The van der Waals surface area contributed by atoms with E-state index in [9.17, 15) is 0 Å². The lowest BCUT2D eigenvalue weighted by molar-refractivity contribution is -0.191. The monoisotopic (exact) mass is 203 g/mol. The summed E-state index contributed by atoms with van der Waals surface area (Å²) in [5, 5.41) is 7.30. The van der Waals surface area contributed by atoms with E-state index >= 15 is 0 Å². The van der Waals surface area contributed by atoms with Crippen molar-refractivity contribution in [1.29, 1.82) is 0 Å². The van der Waals surface area contributed by atoms with Crippen LogP contribution < -0.4 is 5.73 Å². The second-order valence-corrected chi connectivity index (χ2v) is 1.88. The summed E-state index contributed by atoms with van der Waals surface area (Å²) in [5.74, 6) is 0.542. The van der Waals surface area contributed by atoms with E-state index in [0.717, 1.165) is 12.0 Å². The third-order valence-electron chi connectivity index (χ3n) is 1.22. The molecule has 0 spiro atoms. The standard InChI is InChI=1S/C6H9N3.CO2.ClH/c1-2-5-3-4-8-9-6(5)7;2-1-3;/h3-4H,2H2,1H3,(H2,7,9);;1H. The highest BCUT2D eigenvalue weighted by atomic mass is 35.5. The van der Waals surface area contributed by atoms with Crippen LogP contribution in [0, 0.1) is 0 Å². The van der Waals surface area contributed by atoms with Gasteiger partial charge in [0.15, 0.2) is 0 Å². The molecule has 0 aromatic carbocycles. The van der Waals surface area contributed by atoms with Gasteiger partial charge < -0.3 is 5.73 Å². The average molecular weight is 204 g/mol. The summed E-state index contributed by atoms with van der Waals surface area (Å²) in [6.45, 7) is 2.04. The summed E-state index contributed by atoms with van der Waals surface area (Å²) < 4.78 is 0. The van der Waals surface area contributed by atoms with Gasteiger partial charge in [0, 0.05) is 0 Å². The molecule has 0 saturated carbocycles. The Kier molecular flexibility index (Phi) is 9.37. The van der Waals surface area contributed by atoms with Crippen molar-refractivity contribution < 1.29 is 9.59 Å². The first-order valence-corrected chi connectivity index (χ1v) is 3.31. The number of halogens is 1. The Labute approximate surface area is 81.8 Å². The highest BCUT2D eigenvalue weighted by Gasteiger charge is 1.93. The number of nitrogens with two attached hydrogens (primary N) is 1. The van der Waals surface area contributed by atoms with E-state index in [2.05, 4.69) is 10.2 Å². The van der Waals surface area contributed by atoms with E-state index in [1.54, 1.807) is 6.20 Å². The van der Waals surface area contributed by atoms with Gasteiger partial charge in [0.05, 0.1) is 6.20 Å². The Morgan fingerprint density at radius 3 is 2.38 bits per heavy atom.